The van der Waals surface area contributed by atoms with Gasteiger partial charge >= 0.3 is 0 Å². The first-order valence-electron chi connectivity index (χ1n) is 18.7. The van der Waals surface area contributed by atoms with Gasteiger partial charge in [0.1, 0.15) is 11.2 Å². The number of thiophene rings is 1. The Bertz CT molecular complexity index is 3240. The van der Waals surface area contributed by atoms with E-state index in [0.29, 0.717) is 17.5 Å². The number of furan rings is 1. The van der Waals surface area contributed by atoms with Crippen molar-refractivity contribution in [3.63, 3.8) is 0 Å². The second-order valence-electron chi connectivity index (χ2n) is 14.0. The SMILES string of the molecule is c1ccc(-c2ccc(-c3nc(-c4ccccc4)nc(-c4ccc5c(c4)sc4cc(-c6ccccc6-c6ccc7c(c6)oc6ccccc67)ccc45)n3)cc2)cc1. The summed E-state index contributed by atoms with van der Waals surface area (Å²) in [4.78, 5) is 15.1. The summed E-state index contributed by atoms with van der Waals surface area (Å²) in [5.74, 6) is 1.95. The van der Waals surface area contributed by atoms with Gasteiger partial charge in [0.05, 0.1) is 0 Å². The van der Waals surface area contributed by atoms with Crippen LogP contribution in [0.2, 0.25) is 0 Å². The molecule has 11 aromatic rings. The molecule has 0 aliphatic carbocycles. The molecular formula is C51H31N3OS. The minimum atomic E-state index is 0.646. The molecule has 0 atom stereocenters. The monoisotopic (exact) mass is 733 g/mol. The highest BCUT2D eigenvalue weighted by Gasteiger charge is 2.16. The number of rotatable bonds is 6. The van der Waals surface area contributed by atoms with E-state index in [1.54, 1.807) is 11.3 Å². The van der Waals surface area contributed by atoms with Gasteiger partial charge in [-0.1, -0.05) is 158 Å². The van der Waals surface area contributed by atoms with Crippen molar-refractivity contribution < 1.29 is 4.42 Å². The molecule has 0 radical (unpaired) electrons. The van der Waals surface area contributed by atoms with Crippen molar-refractivity contribution >= 4 is 53.4 Å². The van der Waals surface area contributed by atoms with Crippen LogP contribution < -0.4 is 0 Å². The van der Waals surface area contributed by atoms with E-state index in [2.05, 4.69) is 140 Å². The molecule has 3 heterocycles. The summed E-state index contributed by atoms with van der Waals surface area (Å²) in [5.41, 5.74) is 11.7. The van der Waals surface area contributed by atoms with Crippen LogP contribution in [0.15, 0.2) is 192 Å². The number of fused-ring (bicyclic) bond motifs is 6. The van der Waals surface area contributed by atoms with E-state index in [9.17, 15) is 0 Å². The van der Waals surface area contributed by atoms with Gasteiger partial charge in [-0.25, -0.2) is 15.0 Å². The van der Waals surface area contributed by atoms with E-state index in [4.69, 9.17) is 19.4 Å². The number of nitrogens with zero attached hydrogens (tertiary/aromatic N) is 3. The van der Waals surface area contributed by atoms with Gasteiger partial charge in [-0.3, -0.25) is 0 Å². The molecule has 56 heavy (non-hydrogen) atoms. The maximum atomic E-state index is 6.26. The number of hydrogen-bond donors (Lipinski definition) is 0. The molecule has 0 spiro atoms. The topological polar surface area (TPSA) is 51.8 Å². The Morgan fingerprint density at radius 2 is 0.732 bits per heavy atom. The highest BCUT2D eigenvalue weighted by Crippen LogP contribution is 2.41. The van der Waals surface area contributed by atoms with Crippen molar-refractivity contribution in [2.45, 2.75) is 0 Å². The lowest BCUT2D eigenvalue weighted by atomic mass is 9.93. The van der Waals surface area contributed by atoms with Crippen molar-refractivity contribution in [1.29, 1.82) is 0 Å². The zero-order valence-corrected chi connectivity index (χ0v) is 30.9. The normalized spacial score (nSPS) is 11.6. The van der Waals surface area contributed by atoms with Crippen LogP contribution in [0.4, 0.5) is 0 Å². The smallest absolute Gasteiger partial charge is 0.164 e. The van der Waals surface area contributed by atoms with Crippen LogP contribution in [0.3, 0.4) is 0 Å². The van der Waals surface area contributed by atoms with Crippen molar-refractivity contribution in [3.05, 3.63) is 188 Å². The molecule has 0 fully saturated rings. The molecule has 0 unspecified atom stereocenters. The zero-order valence-electron chi connectivity index (χ0n) is 30.1. The largest absolute Gasteiger partial charge is 0.456 e. The fraction of sp³-hybridized carbons (Fsp3) is 0. The molecule has 5 heteroatoms. The predicted molar refractivity (Wildman–Crippen MR) is 233 cm³/mol. The average Bonchev–Trinajstić information content (AvgIpc) is 3.84. The third-order valence-corrected chi connectivity index (χ3v) is 11.7. The Hall–Kier alpha value is -7.21. The predicted octanol–water partition coefficient (Wildman–Crippen LogP) is 14.1. The Morgan fingerprint density at radius 1 is 0.304 bits per heavy atom. The molecule has 0 saturated heterocycles. The van der Waals surface area contributed by atoms with Gasteiger partial charge in [0.2, 0.25) is 0 Å². The third kappa shape index (κ3) is 5.65. The molecule has 3 aromatic heterocycles. The lowest BCUT2D eigenvalue weighted by Gasteiger charge is -2.10. The molecule has 11 rings (SSSR count). The van der Waals surface area contributed by atoms with Gasteiger partial charge in [-0.05, 0) is 63.7 Å². The Kier molecular flexibility index (Phi) is 7.64. The van der Waals surface area contributed by atoms with E-state index in [0.717, 1.165) is 49.8 Å². The number of benzene rings is 8. The Morgan fingerprint density at radius 3 is 1.41 bits per heavy atom. The van der Waals surface area contributed by atoms with E-state index in [1.165, 1.54) is 42.4 Å². The van der Waals surface area contributed by atoms with Gasteiger partial charge in [0, 0.05) is 47.6 Å². The summed E-state index contributed by atoms with van der Waals surface area (Å²) in [5, 5.41) is 4.73. The highest BCUT2D eigenvalue weighted by atomic mass is 32.1. The quantitative estimate of drug-likeness (QED) is 0.171. The van der Waals surface area contributed by atoms with Gasteiger partial charge in [0.25, 0.3) is 0 Å². The van der Waals surface area contributed by atoms with Crippen LogP contribution >= 0.6 is 11.3 Å². The lowest BCUT2D eigenvalue weighted by molar-refractivity contribution is 0.669. The van der Waals surface area contributed by atoms with Crippen molar-refractivity contribution in [3.8, 4) is 67.5 Å². The van der Waals surface area contributed by atoms with E-state index < -0.39 is 0 Å². The summed E-state index contributed by atoms with van der Waals surface area (Å²) < 4.78 is 8.68. The molecule has 4 nitrogen and oxygen atoms in total. The van der Waals surface area contributed by atoms with Crippen LogP contribution in [-0.2, 0) is 0 Å². The van der Waals surface area contributed by atoms with E-state index >= 15 is 0 Å². The molecule has 0 amide bonds. The van der Waals surface area contributed by atoms with Crippen LogP contribution in [0, 0.1) is 0 Å². The van der Waals surface area contributed by atoms with Gasteiger partial charge < -0.3 is 4.42 Å². The maximum absolute atomic E-state index is 6.26. The molecule has 0 saturated carbocycles. The summed E-state index contributed by atoms with van der Waals surface area (Å²) in [6, 6.07) is 65.8. The molecule has 0 aliphatic rings. The number of aromatic nitrogens is 3. The summed E-state index contributed by atoms with van der Waals surface area (Å²) >= 11 is 1.80. The van der Waals surface area contributed by atoms with Crippen molar-refractivity contribution in [1.82, 2.24) is 15.0 Å². The van der Waals surface area contributed by atoms with Crippen molar-refractivity contribution in [2.75, 3.05) is 0 Å². The van der Waals surface area contributed by atoms with Crippen LogP contribution in [0.1, 0.15) is 0 Å². The third-order valence-electron chi connectivity index (χ3n) is 10.6. The fourth-order valence-corrected chi connectivity index (χ4v) is 8.94. The first-order chi connectivity index (χ1) is 27.7. The Balaban J connectivity index is 0.976. The van der Waals surface area contributed by atoms with E-state index in [-0.39, 0.29) is 0 Å². The second-order valence-corrected chi connectivity index (χ2v) is 15.1. The maximum Gasteiger partial charge on any atom is 0.164 e. The first kappa shape index (κ1) is 32.2. The minimum absolute atomic E-state index is 0.646. The second kappa shape index (κ2) is 13.3. The van der Waals surface area contributed by atoms with Crippen molar-refractivity contribution in [2.24, 2.45) is 0 Å². The molecular weight excluding hydrogens is 703 g/mol. The van der Waals surface area contributed by atoms with Gasteiger partial charge in [0.15, 0.2) is 17.5 Å². The highest BCUT2D eigenvalue weighted by molar-refractivity contribution is 7.25. The number of hydrogen-bond acceptors (Lipinski definition) is 5. The summed E-state index contributed by atoms with van der Waals surface area (Å²) in [7, 11) is 0. The van der Waals surface area contributed by atoms with Gasteiger partial charge in [-0.15, -0.1) is 11.3 Å². The molecule has 262 valence electrons. The van der Waals surface area contributed by atoms with E-state index in [1.807, 2.05) is 48.5 Å². The molecule has 0 aliphatic heterocycles. The zero-order chi connectivity index (χ0) is 37.0. The minimum Gasteiger partial charge on any atom is -0.456 e. The lowest BCUT2D eigenvalue weighted by Crippen LogP contribution is -2.00. The Labute approximate surface area is 327 Å². The molecule has 0 N–H and O–H groups in total. The van der Waals surface area contributed by atoms with Crippen LogP contribution in [0.25, 0.3) is 110 Å². The fourth-order valence-electron chi connectivity index (χ4n) is 7.76. The number of para-hydroxylation sites is 1. The summed E-state index contributed by atoms with van der Waals surface area (Å²) in [6.45, 7) is 0. The van der Waals surface area contributed by atoms with Crippen LogP contribution in [0.5, 0.6) is 0 Å². The molecule has 8 aromatic carbocycles. The standard InChI is InChI=1S/C51H31N3OS/c1-3-11-32(12-4-1)33-19-21-35(22-20-33)50-52-49(34-13-5-2-6-14-34)53-51(54-50)38-25-28-44-43-27-24-37(30-47(43)56-48(44)31-38)40-16-8-7-15-39(40)36-23-26-42-41-17-9-10-18-45(41)55-46(42)29-36/h1-31H. The first-order valence-corrected chi connectivity index (χ1v) is 19.5. The molecule has 0 bridgehead atoms. The summed E-state index contributed by atoms with van der Waals surface area (Å²) in [6.07, 6.45) is 0. The average molecular weight is 734 g/mol. The van der Waals surface area contributed by atoms with Gasteiger partial charge in [-0.2, -0.15) is 0 Å². The van der Waals surface area contributed by atoms with Crippen LogP contribution in [-0.4, -0.2) is 15.0 Å².